The number of aliphatic carboxylic acids is 1. The van der Waals surface area contributed by atoms with E-state index >= 15 is 0 Å². The summed E-state index contributed by atoms with van der Waals surface area (Å²) in [6, 6.07) is -0.910. The first-order chi connectivity index (χ1) is 7.91. The summed E-state index contributed by atoms with van der Waals surface area (Å²) in [4.78, 5) is 26.5. The van der Waals surface area contributed by atoms with E-state index in [4.69, 9.17) is 9.52 Å². The van der Waals surface area contributed by atoms with E-state index in [2.05, 4.69) is 10.3 Å². The Morgan fingerprint density at radius 2 is 2.18 bits per heavy atom. The van der Waals surface area contributed by atoms with E-state index in [0.717, 1.165) is 6.39 Å². The lowest BCUT2D eigenvalue weighted by atomic mass is 10.0. The Kier molecular flexibility index (Phi) is 4.25. The van der Waals surface area contributed by atoms with Crippen molar-refractivity contribution < 1.29 is 19.1 Å². The smallest absolute Gasteiger partial charge is 0.326 e. The molecule has 6 heteroatoms. The van der Waals surface area contributed by atoms with E-state index in [-0.39, 0.29) is 11.7 Å². The average molecular weight is 240 g/mol. The van der Waals surface area contributed by atoms with Gasteiger partial charge in [0.2, 0.25) is 5.76 Å². The van der Waals surface area contributed by atoms with Crippen LogP contribution in [0.2, 0.25) is 0 Å². The summed E-state index contributed by atoms with van der Waals surface area (Å²) < 4.78 is 4.90. The molecule has 0 aromatic carbocycles. The molecule has 2 N–H and O–H groups in total. The van der Waals surface area contributed by atoms with E-state index < -0.39 is 17.9 Å². The number of aromatic nitrogens is 1. The molecule has 1 aromatic heterocycles. The molecule has 0 spiro atoms. The number of carbonyl (C=O) groups is 2. The molecule has 1 rings (SSSR count). The van der Waals surface area contributed by atoms with E-state index in [9.17, 15) is 9.59 Å². The molecule has 1 heterocycles. The molecule has 0 aliphatic rings. The highest BCUT2D eigenvalue weighted by atomic mass is 16.4. The molecule has 6 nitrogen and oxygen atoms in total. The second-order valence-electron chi connectivity index (χ2n) is 4.26. The Hall–Kier alpha value is -1.85. The van der Waals surface area contributed by atoms with Crippen LogP contribution in [0.15, 0.2) is 10.8 Å². The largest absolute Gasteiger partial charge is 0.480 e. The SMILES string of the molecule is Cc1ncoc1C(=O)NC(CC(C)C)C(=O)O. The monoisotopic (exact) mass is 240 g/mol. The van der Waals surface area contributed by atoms with Crippen LogP contribution in [-0.4, -0.2) is 28.0 Å². The maximum absolute atomic E-state index is 11.7. The number of hydrogen-bond acceptors (Lipinski definition) is 4. The third kappa shape index (κ3) is 3.58. The maximum atomic E-state index is 11.7. The minimum absolute atomic E-state index is 0.0556. The van der Waals surface area contributed by atoms with Crippen molar-refractivity contribution in [1.82, 2.24) is 10.3 Å². The number of carboxylic acids is 1. The molecule has 0 fully saturated rings. The van der Waals surface area contributed by atoms with Gasteiger partial charge in [0.05, 0.1) is 5.69 Å². The normalized spacial score (nSPS) is 12.5. The number of nitrogens with zero attached hydrogens (tertiary/aromatic N) is 1. The summed E-state index contributed by atoms with van der Waals surface area (Å²) in [6.45, 7) is 5.40. The van der Waals surface area contributed by atoms with Gasteiger partial charge in [0, 0.05) is 0 Å². The average Bonchev–Trinajstić information content (AvgIpc) is 2.62. The number of aryl methyl sites for hydroxylation is 1. The zero-order valence-electron chi connectivity index (χ0n) is 10.1. The highest BCUT2D eigenvalue weighted by molar-refractivity contribution is 5.94. The Labute approximate surface area is 99.0 Å². The van der Waals surface area contributed by atoms with Crippen LogP contribution in [-0.2, 0) is 4.79 Å². The van der Waals surface area contributed by atoms with Gasteiger partial charge in [-0.05, 0) is 19.3 Å². The summed E-state index contributed by atoms with van der Waals surface area (Å²) in [7, 11) is 0. The molecular weight excluding hydrogens is 224 g/mol. The van der Waals surface area contributed by atoms with Crippen LogP contribution in [0.5, 0.6) is 0 Å². The van der Waals surface area contributed by atoms with E-state index in [1.54, 1.807) is 6.92 Å². The Morgan fingerprint density at radius 1 is 1.53 bits per heavy atom. The van der Waals surface area contributed by atoms with Crippen molar-refractivity contribution in [1.29, 1.82) is 0 Å². The number of hydrogen-bond donors (Lipinski definition) is 2. The summed E-state index contributed by atoms with van der Waals surface area (Å²) in [6.07, 6.45) is 1.52. The molecule has 17 heavy (non-hydrogen) atoms. The summed E-state index contributed by atoms with van der Waals surface area (Å²) in [5.74, 6) is -1.37. The molecule has 0 saturated carbocycles. The van der Waals surface area contributed by atoms with Gasteiger partial charge in [-0.3, -0.25) is 4.79 Å². The van der Waals surface area contributed by atoms with Gasteiger partial charge >= 0.3 is 5.97 Å². The first kappa shape index (κ1) is 13.2. The van der Waals surface area contributed by atoms with Crippen molar-refractivity contribution in [3.8, 4) is 0 Å². The fraction of sp³-hybridized carbons (Fsp3) is 0.545. The zero-order chi connectivity index (χ0) is 13.0. The summed E-state index contributed by atoms with van der Waals surface area (Å²) in [5, 5.41) is 11.4. The lowest BCUT2D eigenvalue weighted by Gasteiger charge is -2.15. The molecule has 0 aliphatic carbocycles. The topological polar surface area (TPSA) is 92.4 Å². The molecular formula is C11H16N2O4. The van der Waals surface area contributed by atoms with Crippen LogP contribution in [0.1, 0.15) is 36.5 Å². The number of carbonyl (C=O) groups excluding carboxylic acids is 1. The Bertz CT molecular complexity index is 411. The molecule has 0 aliphatic heterocycles. The number of carboxylic acid groups (broad SMARTS) is 1. The second kappa shape index (κ2) is 5.47. The molecule has 0 saturated heterocycles. The number of amides is 1. The first-order valence-electron chi connectivity index (χ1n) is 5.35. The van der Waals surface area contributed by atoms with Gasteiger partial charge in [0.25, 0.3) is 5.91 Å². The van der Waals surface area contributed by atoms with Crippen LogP contribution >= 0.6 is 0 Å². The third-order valence-corrected chi connectivity index (χ3v) is 2.26. The minimum Gasteiger partial charge on any atom is -0.480 e. The van der Waals surface area contributed by atoms with E-state index in [0.29, 0.717) is 12.1 Å². The standard InChI is InChI=1S/C11H16N2O4/c1-6(2)4-8(11(15)16)13-10(14)9-7(3)12-5-17-9/h5-6,8H,4H2,1-3H3,(H,13,14)(H,15,16). The molecule has 0 radical (unpaired) electrons. The lowest BCUT2D eigenvalue weighted by Crippen LogP contribution is -2.41. The molecule has 94 valence electrons. The van der Waals surface area contributed by atoms with Crippen molar-refractivity contribution in [2.75, 3.05) is 0 Å². The van der Waals surface area contributed by atoms with Gasteiger partial charge in [-0.15, -0.1) is 0 Å². The molecule has 1 amide bonds. The van der Waals surface area contributed by atoms with Gasteiger partial charge in [-0.1, -0.05) is 13.8 Å². The lowest BCUT2D eigenvalue weighted by molar-refractivity contribution is -0.139. The highest BCUT2D eigenvalue weighted by Crippen LogP contribution is 2.08. The van der Waals surface area contributed by atoms with Crippen LogP contribution in [0.25, 0.3) is 0 Å². The van der Waals surface area contributed by atoms with Crippen molar-refractivity contribution in [3.05, 3.63) is 17.8 Å². The van der Waals surface area contributed by atoms with Crippen molar-refractivity contribution in [3.63, 3.8) is 0 Å². The van der Waals surface area contributed by atoms with Gasteiger partial charge in [-0.2, -0.15) is 0 Å². The summed E-state index contributed by atoms with van der Waals surface area (Å²) >= 11 is 0. The number of rotatable bonds is 5. The van der Waals surface area contributed by atoms with Crippen LogP contribution in [0.3, 0.4) is 0 Å². The van der Waals surface area contributed by atoms with Gasteiger partial charge in [0.1, 0.15) is 6.04 Å². The summed E-state index contributed by atoms with van der Waals surface area (Å²) in [5.41, 5.74) is 0.441. The molecule has 0 bridgehead atoms. The van der Waals surface area contributed by atoms with Crippen molar-refractivity contribution >= 4 is 11.9 Å². The molecule has 1 unspecified atom stereocenters. The van der Waals surface area contributed by atoms with Crippen molar-refractivity contribution in [2.24, 2.45) is 5.92 Å². The van der Waals surface area contributed by atoms with Gasteiger partial charge in [0.15, 0.2) is 6.39 Å². The van der Waals surface area contributed by atoms with E-state index in [1.807, 2.05) is 13.8 Å². The molecule has 1 aromatic rings. The van der Waals surface area contributed by atoms with Crippen LogP contribution < -0.4 is 5.32 Å². The fourth-order valence-electron chi connectivity index (χ4n) is 1.44. The Balaban J connectivity index is 2.71. The quantitative estimate of drug-likeness (QED) is 0.807. The zero-order valence-corrected chi connectivity index (χ0v) is 10.1. The third-order valence-electron chi connectivity index (χ3n) is 2.26. The second-order valence-corrected chi connectivity index (χ2v) is 4.26. The number of oxazole rings is 1. The van der Waals surface area contributed by atoms with Gasteiger partial charge < -0.3 is 14.8 Å². The van der Waals surface area contributed by atoms with Crippen LogP contribution in [0, 0.1) is 12.8 Å². The predicted octanol–water partition coefficient (Wildman–Crippen LogP) is 1.21. The highest BCUT2D eigenvalue weighted by Gasteiger charge is 2.24. The van der Waals surface area contributed by atoms with Crippen LogP contribution in [0.4, 0.5) is 0 Å². The minimum atomic E-state index is -1.05. The van der Waals surface area contributed by atoms with Gasteiger partial charge in [-0.25, -0.2) is 9.78 Å². The molecule has 1 atom stereocenters. The first-order valence-corrected chi connectivity index (χ1v) is 5.35. The fourth-order valence-corrected chi connectivity index (χ4v) is 1.44. The predicted molar refractivity (Wildman–Crippen MR) is 59.6 cm³/mol. The number of nitrogens with one attached hydrogen (secondary N) is 1. The van der Waals surface area contributed by atoms with E-state index in [1.165, 1.54) is 0 Å². The maximum Gasteiger partial charge on any atom is 0.326 e. The Morgan fingerprint density at radius 3 is 2.59 bits per heavy atom. The van der Waals surface area contributed by atoms with Crippen molar-refractivity contribution in [2.45, 2.75) is 33.2 Å².